The van der Waals surface area contributed by atoms with Crippen molar-refractivity contribution in [2.45, 2.75) is 59.1 Å². The van der Waals surface area contributed by atoms with Crippen LogP contribution in [0.5, 0.6) is 5.75 Å². The monoisotopic (exact) mass is 398 g/mol. The van der Waals surface area contributed by atoms with Gasteiger partial charge in [0.2, 0.25) is 0 Å². The van der Waals surface area contributed by atoms with Crippen LogP contribution in [0.25, 0.3) is 11.3 Å². The summed E-state index contributed by atoms with van der Waals surface area (Å²) < 4.78 is 5.36. The van der Waals surface area contributed by atoms with E-state index >= 15 is 0 Å². The molecule has 2 heterocycles. The number of aryl methyl sites for hydroxylation is 2. The highest BCUT2D eigenvalue weighted by Gasteiger charge is 2.25. The molecule has 3 rings (SSSR count). The van der Waals surface area contributed by atoms with Gasteiger partial charge in [-0.05, 0) is 76.8 Å². The number of amides is 1. The van der Waals surface area contributed by atoms with Crippen LogP contribution in [-0.2, 0) is 4.74 Å². The summed E-state index contributed by atoms with van der Waals surface area (Å²) in [6, 6.07) is 7.54. The van der Waals surface area contributed by atoms with E-state index in [9.17, 15) is 9.90 Å². The molecule has 1 amide bonds. The van der Waals surface area contributed by atoms with Gasteiger partial charge in [-0.3, -0.25) is 0 Å². The molecule has 0 bridgehead atoms. The van der Waals surface area contributed by atoms with E-state index in [1.165, 1.54) is 0 Å². The summed E-state index contributed by atoms with van der Waals surface area (Å²) in [5, 5.41) is 22.0. The molecule has 0 radical (unpaired) electrons. The Morgan fingerprint density at radius 2 is 2.00 bits per heavy atom. The van der Waals surface area contributed by atoms with Crippen LogP contribution in [0.1, 0.15) is 44.7 Å². The zero-order chi connectivity index (χ0) is 21.2. The molecule has 0 aliphatic carbocycles. The molecule has 1 saturated heterocycles. The highest BCUT2D eigenvalue weighted by Crippen LogP contribution is 2.32. The van der Waals surface area contributed by atoms with Gasteiger partial charge in [-0.1, -0.05) is 6.07 Å². The first-order valence-corrected chi connectivity index (χ1v) is 10.0. The number of alkyl carbamates (subject to hydrolysis) is 1. The number of carbonyl (C=O) groups excluding carboxylic acids is 1. The van der Waals surface area contributed by atoms with Crippen LogP contribution in [0.3, 0.4) is 0 Å². The zero-order valence-corrected chi connectivity index (χ0v) is 17.8. The quantitative estimate of drug-likeness (QED) is 0.814. The molecule has 2 N–H and O–H groups in total. The van der Waals surface area contributed by atoms with Crippen LogP contribution in [-0.4, -0.2) is 46.1 Å². The molecule has 1 aliphatic rings. The van der Waals surface area contributed by atoms with Gasteiger partial charge in [-0.2, -0.15) is 0 Å². The number of nitrogens with one attached hydrogen (secondary N) is 1. The maximum Gasteiger partial charge on any atom is 0.407 e. The number of carbonyl (C=O) groups is 1. The van der Waals surface area contributed by atoms with Crippen molar-refractivity contribution in [1.82, 2.24) is 15.5 Å². The average molecular weight is 399 g/mol. The average Bonchev–Trinajstić information content (AvgIpc) is 2.60. The molecule has 1 aromatic heterocycles. The van der Waals surface area contributed by atoms with Crippen molar-refractivity contribution in [3.05, 3.63) is 35.4 Å². The van der Waals surface area contributed by atoms with E-state index in [0.29, 0.717) is 17.8 Å². The molecule has 1 aliphatic heterocycles. The molecule has 29 heavy (non-hydrogen) atoms. The van der Waals surface area contributed by atoms with E-state index in [1.807, 2.05) is 52.8 Å². The number of anilines is 1. The summed E-state index contributed by atoms with van der Waals surface area (Å²) in [4.78, 5) is 14.2. The third-order valence-corrected chi connectivity index (χ3v) is 4.83. The highest BCUT2D eigenvalue weighted by molar-refractivity contribution is 5.71. The molecule has 1 fully saturated rings. The van der Waals surface area contributed by atoms with Gasteiger partial charge < -0.3 is 20.1 Å². The van der Waals surface area contributed by atoms with Crippen molar-refractivity contribution in [1.29, 1.82) is 0 Å². The summed E-state index contributed by atoms with van der Waals surface area (Å²) in [7, 11) is 0. The molecule has 1 atom stereocenters. The van der Waals surface area contributed by atoms with Gasteiger partial charge in [0.25, 0.3) is 0 Å². The minimum absolute atomic E-state index is 0.00321. The Hall–Kier alpha value is -2.83. The van der Waals surface area contributed by atoms with Gasteiger partial charge >= 0.3 is 6.09 Å². The minimum Gasteiger partial charge on any atom is -0.507 e. The molecule has 2 aromatic rings. The molecule has 156 valence electrons. The number of hydrogen-bond acceptors (Lipinski definition) is 6. The van der Waals surface area contributed by atoms with Crippen molar-refractivity contribution in [2.75, 3.05) is 18.0 Å². The lowest BCUT2D eigenvalue weighted by Gasteiger charge is -2.34. The lowest BCUT2D eigenvalue weighted by molar-refractivity contribution is 0.0500. The van der Waals surface area contributed by atoms with E-state index in [-0.39, 0.29) is 11.8 Å². The molecular weight excluding hydrogens is 368 g/mol. The topological polar surface area (TPSA) is 87.6 Å². The first-order chi connectivity index (χ1) is 13.6. The predicted molar refractivity (Wildman–Crippen MR) is 113 cm³/mol. The van der Waals surface area contributed by atoms with Crippen molar-refractivity contribution >= 4 is 11.9 Å². The van der Waals surface area contributed by atoms with Crippen molar-refractivity contribution in [3.63, 3.8) is 0 Å². The van der Waals surface area contributed by atoms with E-state index in [4.69, 9.17) is 4.74 Å². The van der Waals surface area contributed by atoms with Gasteiger partial charge in [0.05, 0.1) is 5.69 Å². The van der Waals surface area contributed by atoms with Crippen molar-refractivity contribution < 1.29 is 14.6 Å². The van der Waals surface area contributed by atoms with E-state index in [1.54, 1.807) is 6.07 Å². The lowest BCUT2D eigenvalue weighted by atomic mass is 10.0. The van der Waals surface area contributed by atoms with Crippen LogP contribution in [0.2, 0.25) is 0 Å². The van der Waals surface area contributed by atoms with E-state index in [2.05, 4.69) is 20.4 Å². The largest absolute Gasteiger partial charge is 0.507 e. The number of benzene rings is 1. The molecule has 0 saturated carbocycles. The number of phenolic OH excluding ortho intramolecular Hbond substituents is 1. The lowest BCUT2D eigenvalue weighted by Crippen LogP contribution is -2.49. The smallest absolute Gasteiger partial charge is 0.407 e. The number of nitrogens with zero attached hydrogens (tertiary/aromatic N) is 3. The first-order valence-electron chi connectivity index (χ1n) is 10.0. The molecular formula is C22H30N4O3. The third kappa shape index (κ3) is 5.37. The van der Waals surface area contributed by atoms with Crippen LogP contribution in [0.15, 0.2) is 24.3 Å². The van der Waals surface area contributed by atoms with Gasteiger partial charge in [0.1, 0.15) is 11.4 Å². The standard InChI is InChI=1S/C22H30N4O3/c1-14-11-15(2)20(18(27)12-14)17-8-9-19(25-24-17)26-10-6-7-16(13-26)23-21(28)29-22(3,4)5/h8-9,11-12,16,27H,6-7,10,13H2,1-5H3,(H,23,28)/t16-/m1/s1. The van der Waals surface area contributed by atoms with Crippen molar-refractivity contribution in [3.8, 4) is 17.0 Å². The molecule has 0 spiro atoms. The third-order valence-electron chi connectivity index (χ3n) is 4.83. The van der Waals surface area contributed by atoms with Crippen LogP contribution >= 0.6 is 0 Å². The van der Waals surface area contributed by atoms with E-state index < -0.39 is 11.7 Å². The fourth-order valence-electron chi connectivity index (χ4n) is 3.68. The molecule has 1 aromatic carbocycles. The number of piperidine rings is 1. The van der Waals surface area contributed by atoms with Gasteiger partial charge in [-0.15, -0.1) is 10.2 Å². The summed E-state index contributed by atoms with van der Waals surface area (Å²) in [6.07, 6.45) is 1.45. The molecule has 0 unspecified atom stereocenters. The fourth-order valence-corrected chi connectivity index (χ4v) is 3.68. The van der Waals surface area contributed by atoms with E-state index in [0.717, 1.165) is 36.3 Å². The van der Waals surface area contributed by atoms with Crippen LogP contribution in [0, 0.1) is 13.8 Å². The predicted octanol–water partition coefficient (Wildman–Crippen LogP) is 3.96. The Labute approximate surface area is 172 Å². The second kappa shape index (κ2) is 8.27. The Morgan fingerprint density at radius 3 is 2.62 bits per heavy atom. The van der Waals surface area contributed by atoms with Crippen LogP contribution < -0.4 is 10.2 Å². The van der Waals surface area contributed by atoms with Gasteiger partial charge in [0, 0.05) is 24.7 Å². The molecule has 7 heteroatoms. The second-order valence-electron chi connectivity index (χ2n) is 8.68. The summed E-state index contributed by atoms with van der Waals surface area (Å²) in [5.74, 6) is 0.970. The number of ether oxygens (including phenoxy) is 1. The second-order valence-corrected chi connectivity index (χ2v) is 8.68. The van der Waals surface area contributed by atoms with Gasteiger partial charge in [-0.25, -0.2) is 4.79 Å². The maximum atomic E-state index is 12.1. The Morgan fingerprint density at radius 1 is 1.24 bits per heavy atom. The SMILES string of the molecule is Cc1cc(C)c(-c2ccc(N3CCC[C@@H](NC(=O)OC(C)(C)C)C3)nn2)c(O)c1. The number of rotatable bonds is 3. The van der Waals surface area contributed by atoms with Gasteiger partial charge in [0.15, 0.2) is 5.82 Å². The maximum absolute atomic E-state index is 12.1. The minimum atomic E-state index is -0.514. The number of hydrogen-bond donors (Lipinski definition) is 2. The van der Waals surface area contributed by atoms with Crippen molar-refractivity contribution in [2.24, 2.45) is 0 Å². The summed E-state index contributed by atoms with van der Waals surface area (Å²) >= 11 is 0. The normalized spacial score (nSPS) is 17.1. The highest BCUT2D eigenvalue weighted by atomic mass is 16.6. The first kappa shape index (κ1) is 20.9. The Bertz CT molecular complexity index is 852. The number of phenols is 1. The fraction of sp³-hybridized carbons (Fsp3) is 0.500. The molecule has 7 nitrogen and oxygen atoms in total. The Balaban J connectivity index is 1.69. The summed E-state index contributed by atoms with van der Waals surface area (Å²) in [5.41, 5.74) is 2.80. The summed E-state index contributed by atoms with van der Waals surface area (Å²) in [6.45, 7) is 11.0. The Kier molecular flexibility index (Phi) is 5.96. The zero-order valence-electron chi connectivity index (χ0n) is 17.8. The number of aromatic hydroxyl groups is 1. The number of aromatic nitrogens is 2. The van der Waals surface area contributed by atoms with Crippen LogP contribution in [0.4, 0.5) is 10.6 Å².